The number of hydrogen-bond donors (Lipinski definition) is 3. The molecule has 7 aliphatic rings. The van der Waals surface area contributed by atoms with E-state index in [1.807, 2.05) is 53.3 Å². The van der Waals surface area contributed by atoms with E-state index in [1.165, 1.54) is 40.6 Å². The number of sulfone groups is 1. The molecule has 2 aliphatic carbocycles. The molecule has 494 valence electrons. The highest BCUT2D eigenvalue weighted by Crippen LogP contribution is 2.45. The van der Waals surface area contributed by atoms with Crippen molar-refractivity contribution in [3.05, 3.63) is 148 Å². The van der Waals surface area contributed by atoms with Crippen LogP contribution in [0.4, 0.5) is 30.2 Å². The SMILES string of the molecule is CC1(C)CCC(c2ccc(Cl)cc2)=C(CN2CCN(c3ccc(C(=O)NS(=O)(=O)c4ccc(N[C@H](CCN5CC6CC(CN7CCN(c8ccc9c(c8)C(=O)N(C8CCC(=O)NC8=O)C9=O)CC7)CC6C5)CSc5ccccc5)c(S(=O)(=O)C(F)(F)F)c4)cc3)CC2)C1. The molecule has 1 saturated carbocycles. The Kier molecular flexibility index (Phi) is 19.3. The summed E-state index contributed by atoms with van der Waals surface area (Å²) < 4.78 is 100. The summed E-state index contributed by atoms with van der Waals surface area (Å²) in [7, 11) is -11.0. The third-order valence-electron chi connectivity index (χ3n) is 19.7. The number of fused-ring (bicyclic) bond motifs is 2. The molecule has 3 unspecified atom stereocenters. The van der Waals surface area contributed by atoms with Gasteiger partial charge in [0.15, 0.2) is 0 Å². The molecular formula is C68H77ClF3N9O9S3. The molecule has 0 spiro atoms. The molecule has 5 fully saturated rings. The van der Waals surface area contributed by atoms with Crippen molar-refractivity contribution in [2.24, 2.45) is 23.2 Å². The Hall–Kier alpha value is -6.80. The summed E-state index contributed by atoms with van der Waals surface area (Å²) in [6.07, 6.45) is 5.76. The summed E-state index contributed by atoms with van der Waals surface area (Å²) in [5, 5.41) is 6.03. The number of sulfonamides is 1. The first kappa shape index (κ1) is 66.2. The van der Waals surface area contributed by atoms with Crippen molar-refractivity contribution in [2.75, 3.05) is 106 Å². The zero-order chi connectivity index (χ0) is 65.6. The molecular weight excluding hydrogens is 1280 g/mol. The fourth-order valence-corrected chi connectivity index (χ4v) is 17.9. The zero-order valence-electron chi connectivity index (χ0n) is 52.0. The number of carbonyl (C=O) groups excluding carboxylic acids is 5. The number of hydrogen-bond acceptors (Lipinski definition) is 16. The van der Waals surface area contributed by atoms with E-state index >= 15 is 0 Å². The Morgan fingerprint density at radius 2 is 1.39 bits per heavy atom. The molecule has 4 atom stereocenters. The molecule has 12 rings (SSSR count). The maximum Gasteiger partial charge on any atom is 0.501 e. The minimum Gasteiger partial charge on any atom is -0.380 e. The lowest BCUT2D eigenvalue weighted by molar-refractivity contribution is -0.136. The van der Waals surface area contributed by atoms with Gasteiger partial charge in [-0.25, -0.2) is 21.6 Å². The van der Waals surface area contributed by atoms with Crippen LogP contribution in [0.5, 0.6) is 0 Å². The molecule has 0 radical (unpaired) electrons. The Labute approximate surface area is 550 Å². The van der Waals surface area contributed by atoms with Crippen LogP contribution in [0.2, 0.25) is 5.02 Å². The highest BCUT2D eigenvalue weighted by atomic mass is 35.5. The van der Waals surface area contributed by atoms with Crippen molar-refractivity contribution < 1.29 is 54.0 Å². The standard InChI is InChI=1S/C68H77ClF3N9O9S3/c1-67(2)24-22-56(45-8-12-50(69)13-9-45)49(38-67)42-77-28-30-79(31-29-77)52-14-10-46(11-15-52)63(83)75-93(89,90)55-17-19-59(61(37-55)92(87,88)68(70,71)72)73-51(43-91-54-6-4-3-5-7-54)23-25-78-40-47-34-44(35-48(47)41-78)39-76-26-32-80(33-27-76)53-16-18-57-58(36-53)66(86)81(65(57)85)60-20-21-62(82)74-64(60)84/h3-19,36-37,44,47-48,51,60,73H,20-35,38-43H2,1-2H3,(H,75,83)(H,74,82,84)/t44?,47?,48?,51-,60?/m1/s1. The van der Waals surface area contributed by atoms with Gasteiger partial charge in [-0.1, -0.05) is 61.4 Å². The molecule has 5 heterocycles. The Bertz CT molecular complexity index is 3930. The van der Waals surface area contributed by atoms with Crippen LogP contribution in [0.15, 0.2) is 136 Å². The van der Waals surface area contributed by atoms with Crippen LogP contribution in [0, 0.1) is 23.2 Å². The Balaban J connectivity index is 0.645. The van der Waals surface area contributed by atoms with E-state index in [9.17, 15) is 54.0 Å². The summed E-state index contributed by atoms with van der Waals surface area (Å²) in [6.45, 7) is 14.8. The highest BCUT2D eigenvalue weighted by Gasteiger charge is 2.49. The first-order chi connectivity index (χ1) is 44.3. The number of amides is 5. The summed E-state index contributed by atoms with van der Waals surface area (Å²) >= 11 is 7.68. The maximum absolute atomic E-state index is 14.6. The van der Waals surface area contributed by atoms with Crippen LogP contribution >= 0.6 is 23.4 Å². The van der Waals surface area contributed by atoms with E-state index in [-0.39, 0.29) is 34.9 Å². The lowest BCUT2D eigenvalue weighted by Gasteiger charge is -2.39. The fourth-order valence-electron chi connectivity index (χ4n) is 14.7. The van der Waals surface area contributed by atoms with Gasteiger partial charge in [-0.05, 0) is 164 Å². The second-order valence-electron chi connectivity index (χ2n) is 26.6. The molecule has 4 saturated heterocycles. The summed E-state index contributed by atoms with van der Waals surface area (Å²) in [6, 6.07) is 30.0. The van der Waals surface area contributed by atoms with Crippen LogP contribution in [-0.2, 0) is 29.4 Å². The lowest BCUT2D eigenvalue weighted by atomic mass is 9.73. The summed E-state index contributed by atoms with van der Waals surface area (Å²) in [4.78, 5) is 76.1. The largest absolute Gasteiger partial charge is 0.501 e. The number of allylic oxidation sites excluding steroid dienone is 1. The number of nitrogens with zero attached hydrogens (tertiary/aromatic N) is 6. The van der Waals surface area contributed by atoms with Gasteiger partial charge in [0.05, 0.1) is 21.7 Å². The third-order valence-corrected chi connectivity index (χ3v) is 24.0. The average Bonchev–Trinajstić information content (AvgIpc) is 1.76. The fraction of sp³-hybridized carbons (Fsp3) is 0.456. The van der Waals surface area contributed by atoms with E-state index in [2.05, 4.69) is 61.1 Å². The van der Waals surface area contributed by atoms with Gasteiger partial charge in [0.2, 0.25) is 11.8 Å². The van der Waals surface area contributed by atoms with E-state index in [1.54, 1.807) is 24.3 Å². The molecule has 0 bridgehead atoms. The number of rotatable bonds is 20. The average molecular weight is 1350 g/mol. The number of anilines is 3. The minimum absolute atomic E-state index is 0.0178. The number of benzene rings is 5. The van der Waals surface area contributed by atoms with Gasteiger partial charge in [-0.2, -0.15) is 13.2 Å². The second kappa shape index (κ2) is 27.1. The second-order valence-corrected chi connectivity index (χ2v) is 31.7. The number of imide groups is 2. The normalized spacial score (nSPS) is 22.9. The molecule has 5 aromatic carbocycles. The predicted molar refractivity (Wildman–Crippen MR) is 353 cm³/mol. The predicted octanol–water partition coefficient (Wildman–Crippen LogP) is 9.68. The number of halogens is 4. The van der Waals surface area contributed by atoms with Gasteiger partial charge in [0.25, 0.3) is 37.6 Å². The van der Waals surface area contributed by atoms with E-state index in [0.717, 1.165) is 144 Å². The smallest absolute Gasteiger partial charge is 0.380 e. The number of piperazine rings is 2. The molecule has 5 aliphatic heterocycles. The van der Waals surface area contributed by atoms with Crippen LogP contribution in [0.3, 0.4) is 0 Å². The maximum atomic E-state index is 14.6. The first-order valence-corrected chi connectivity index (χ1v) is 36.2. The first-order valence-electron chi connectivity index (χ1n) is 31.9. The molecule has 25 heteroatoms. The van der Waals surface area contributed by atoms with Crippen LogP contribution in [0.1, 0.15) is 102 Å². The summed E-state index contributed by atoms with van der Waals surface area (Å²) in [5.41, 5.74) is 0.157. The molecule has 3 N–H and O–H groups in total. The van der Waals surface area contributed by atoms with Crippen LogP contribution in [-0.4, -0.2) is 174 Å². The number of piperidine rings is 1. The van der Waals surface area contributed by atoms with Gasteiger partial charge < -0.3 is 20.0 Å². The van der Waals surface area contributed by atoms with Crippen molar-refractivity contribution in [3.8, 4) is 0 Å². The Morgan fingerprint density at radius 1 is 0.742 bits per heavy atom. The third kappa shape index (κ3) is 14.9. The van der Waals surface area contributed by atoms with E-state index < -0.39 is 82.5 Å². The van der Waals surface area contributed by atoms with Crippen molar-refractivity contribution in [3.63, 3.8) is 0 Å². The zero-order valence-corrected chi connectivity index (χ0v) is 55.2. The van der Waals surface area contributed by atoms with Crippen LogP contribution < -0.4 is 25.2 Å². The van der Waals surface area contributed by atoms with Crippen molar-refractivity contribution >= 4 is 95.4 Å². The topological polar surface area (TPSA) is 209 Å². The number of likely N-dealkylation sites (tertiary alicyclic amines) is 1. The van der Waals surface area contributed by atoms with Crippen molar-refractivity contribution in [2.45, 2.75) is 97.5 Å². The molecule has 0 aromatic heterocycles. The van der Waals surface area contributed by atoms with E-state index in [4.69, 9.17) is 11.6 Å². The molecule has 5 aromatic rings. The number of thioether (sulfide) groups is 1. The van der Waals surface area contributed by atoms with E-state index in [0.29, 0.717) is 47.6 Å². The molecule has 18 nitrogen and oxygen atoms in total. The minimum atomic E-state index is -6.13. The van der Waals surface area contributed by atoms with Gasteiger partial charge in [-0.15, -0.1) is 11.8 Å². The van der Waals surface area contributed by atoms with Gasteiger partial charge >= 0.3 is 5.51 Å². The van der Waals surface area contributed by atoms with Gasteiger partial charge in [-0.3, -0.25) is 44.0 Å². The lowest BCUT2D eigenvalue weighted by Crippen LogP contribution is -2.54. The Morgan fingerprint density at radius 3 is 2.05 bits per heavy atom. The number of alkyl halides is 3. The van der Waals surface area contributed by atoms with Crippen molar-refractivity contribution in [1.29, 1.82) is 0 Å². The highest BCUT2D eigenvalue weighted by molar-refractivity contribution is 7.99. The van der Waals surface area contributed by atoms with Crippen molar-refractivity contribution in [1.82, 2.24) is 29.6 Å². The molecule has 93 heavy (non-hydrogen) atoms. The quantitative estimate of drug-likeness (QED) is 0.0489. The van der Waals surface area contributed by atoms with Crippen LogP contribution in [0.25, 0.3) is 5.57 Å². The summed E-state index contributed by atoms with van der Waals surface area (Å²) in [5.74, 6) is -1.45. The van der Waals surface area contributed by atoms with Gasteiger partial charge in [0.1, 0.15) is 10.9 Å². The monoisotopic (exact) mass is 1350 g/mol. The number of carbonyl (C=O) groups is 5. The molecule has 5 amide bonds. The number of nitrogens with one attached hydrogen (secondary N) is 3. The van der Waals surface area contributed by atoms with Gasteiger partial charge in [0, 0.05) is 130 Å².